The monoisotopic (exact) mass is 312 g/mol. The Labute approximate surface area is 121 Å². The predicted molar refractivity (Wildman–Crippen MR) is 77.5 cm³/mol. The van der Waals surface area contributed by atoms with E-state index in [2.05, 4.69) is 0 Å². The molecule has 0 saturated carbocycles. The molecule has 0 aromatic heterocycles. The standard InChI is InChI=1S/C14H14F2N2O2S/c1-9-3-5-11(6-4-9)18(2)21(19,20)14-12(15)7-10(17)8-13(14)16/h3-8H,17H2,1-2H3. The van der Waals surface area contributed by atoms with E-state index in [1.54, 1.807) is 24.3 Å². The SMILES string of the molecule is Cc1ccc(N(C)S(=O)(=O)c2c(F)cc(N)cc2F)cc1. The van der Waals surface area contributed by atoms with Gasteiger partial charge in [-0.15, -0.1) is 0 Å². The van der Waals surface area contributed by atoms with E-state index >= 15 is 0 Å². The quantitative estimate of drug-likeness (QED) is 0.886. The van der Waals surface area contributed by atoms with Crippen molar-refractivity contribution in [3.8, 4) is 0 Å². The minimum atomic E-state index is -4.36. The van der Waals surface area contributed by atoms with Crippen molar-refractivity contribution in [3.05, 3.63) is 53.6 Å². The Morgan fingerprint density at radius 2 is 1.52 bits per heavy atom. The highest BCUT2D eigenvalue weighted by Crippen LogP contribution is 2.27. The fourth-order valence-electron chi connectivity index (χ4n) is 1.86. The van der Waals surface area contributed by atoms with Crippen LogP contribution in [0.3, 0.4) is 0 Å². The van der Waals surface area contributed by atoms with Gasteiger partial charge in [-0.1, -0.05) is 17.7 Å². The molecule has 0 spiro atoms. The van der Waals surface area contributed by atoms with E-state index < -0.39 is 26.6 Å². The van der Waals surface area contributed by atoms with E-state index in [-0.39, 0.29) is 5.69 Å². The molecule has 7 heteroatoms. The van der Waals surface area contributed by atoms with Crippen molar-refractivity contribution in [2.45, 2.75) is 11.8 Å². The molecule has 2 rings (SSSR count). The zero-order valence-corrected chi connectivity index (χ0v) is 12.3. The predicted octanol–water partition coefficient (Wildman–Crippen LogP) is 2.68. The average molecular weight is 312 g/mol. The molecule has 0 aliphatic heterocycles. The molecule has 0 aliphatic carbocycles. The molecule has 2 aromatic rings. The van der Waals surface area contributed by atoms with Gasteiger partial charge in [-0.3, -0.25) is 4.31 Å². The van der Waals surface area contributed by atoms with Gasteiger partial charge in [-0.2, -0.15) is 0 Å². The number of rotatable bonds is 3. The molecule has 0 fully saturated rings. The van der Waals surface area contributed by atoms with Crippen molar-refractivity contribution < 1.29 is 17.2 Å². The maximum absolute atomic E-state index is 13.8. The highest BCUT2D eigenvalue weighted by atomic mass is 32.2. The Morgan fingerprint density at radius 1 is 1.05 bits per heavy atom. The number of hydrogen-bond donors (Lipinski definition) is 1. The second-order valence-corrected chi connectivity index (χ2v) is 6.53. The minimum Gasteiger partial charge on any atom is -0.399 e. The van der Waals surface area contributed by atoms with Crippen molar-refractivity contribution in [1.82, 2.24) is 0 Å². The van der Waals surface area contributed by atoms with Gasteiger partial charge >= 0.3 is 0 Å². The average Bonchev–Trinajstić information content (AvgIpc) is 2.37. The number of nitrogen functional groups attached to an aromatic ring is 1. The maximum atomic E-state index is 13.8. The fourth-order valence-corrected chi connectivity index (χ4v) is 3.14. The van der Waals surface area contributed by atoms with E-state index in [9.17, 15) is 17.2 Å². The first-order chi connectivity index (χ1) is 9.73. The molecule has 4 nitrogen and oxygen atoms in total. The zero-order valence-electron chi connectivity index (χ0n) is 11.5. The topological polar surface area (TPSA) is 63.4 Å². The van der Waals surface area contributed by atoms with Gasteiger partial charge < -0.3 is 5.73 Å². The van der Waals surface area contributed by atoms with Crippen molar-refractivity contribution in [2.24, 2.45) is 0 Å². The summed E-state index contributed by atoms with van der Waals surface area (Å²) >= 11 is 0. The fraction of sp³-hybridized carbons (Fsp3) is 0.143. The summed E-state index contributed by atoms with van der Waals surface area (Å²) in [5, 5.41) is 0. The largest absolute Gasteiger partial charge is 0.399 e. The van der Waals surface area contributed by atoms with Gasteiger partial charge in [0.2, 0.25) is 0 Å². The van der Waals surface area contributed by atoms with E-state index in [1.165, 1.54) is 7.05 Å². The third-order valence-electron chi connectivity index (χ3n) is 3.04. The molecule has 0 atom stereocenters. The van der Waals surface area contributed by atoms with Gasteiger partial charge in [0, 0.05) is 12.7 Å². The third kappa shape index (κ3) is 2.82. The second kappa shape index (κ2) is 5.33. The molecule has 0 unspecified atom stereocenters. The first kappa shape index (κ1) is 15.2. The smallest absolute Gasteiger partial charge is 0.269 e. The van der Waals surface area contributed by atoms with Gasteiger partial charge in [0.25, 0.3) is 10.0 Å². The summed E-state index contributed by atoms with van der Waals surface area (Å²) in [4.78, 5) is -1.01. The summed E-state index contributed by atoms with van der Waals surface area (Å²) < 4.78 is 53.2. The molecule has 2 aromatic carbocycles. The lowest BCUT2D eigenvalue weighted by Gasteiger charge is -2.20. The lowest BCUT2D eigenvalue weighted by Crippen LogP contribution is -2.28. The number of benzene rings is 2. The number of anilines is 2. The summed E-state index contributed by atoms with van der Waals surface area (Å²) in [5.74, 6) is -2.43. The minimum absolute atomic E-state index is 0.179. The lowest BCUT2D eigenvalue weighted by atomic mass is 10.2. The van der Waals surface area contributed by atoms with Crippen LogP contribution in [0.25, 0.3) is 0 Å². The Hall–Kier alpha value is -2.15. The molecule has 21 heavy (non-hydrogen) atoms. The Bertz CT molecular complexity index is 751. The molecule has 0 saturated heterocycles. The van der Waals surface area contributed by atoms with Crippen LogP contribution in [0.5, 0.6) is 0 Å². The summed E-state index contributed by atoms with van der Waals surface area (Å²) in [6.07, 6.45) is 0. The molecule has 0 bridgehead atoms. The number of hydrogen-bond acceptors (Lipinski definition) is 3. The molecule has 112 valence electrons. The number of halogens is 2. The van der Waals surface area contributed by atoms with E-state index in [4.69, 9.17) is 5.73 Å². The Morgan fingerprint density at radius 3 is 2.00 bits per heavy atom. The molecular weight excluding hydrogens is 298 g/mol. The molecule has 0 heterocycles. The van der Waals surface area contributed by atoms with E-state index in [0.717, 1.165) is 22.0 Å². The van der Waals surface area contributed by atoms with Crippen LogP contribution in [0, 0.1) is 18.6 Å². The summed E-state index contributed by atoms with van der Waals surface area (Å²) in [7, 11) is -3.12. The van der Waals surface area contributed by atoms with Crippen LogP contribution in [0.15, 0.2) is 41.3 Å². The number of nitrogens with zero attached hydrogens (tertiary/aromatic N) is 1. The first-order valence-electron chi connectivity index (χ1n) is 6.03. The van der Waals surface area contributed by atoms with Gasteiger partial charge in [-0.05, 0) is 31.2 Å². The first-order valence-corrected chi connectivity index (χ1v) is 7.47. The number of sulfonamides is 1. The van der Waals surface area contributed by atoms with Gasteiger partial charge in [0.15, 0.2) is 4.90 Å². The van der Waals surface area contributed by atoms with E-state index in [1.807, 2.05) is 6.92 Å². The summed E-state index contributed by atoms with van der Waals surface area (Å²) in [5.41, 5.74) is 6.35. The second-order valence-electron chi connectivity index (χ2n) is 4.62. The van der Waals surface area contributed by atoms with Gasteiger partial charge in [-0.25, -0.2) is 17.2 Å². The molecule has 0 aliphatic rings. The lowest BCUT2D eigenvalue weighted by molar-refractivity contribution is 0.519. The van der Waals surface area contributed by atoms with Crippen LogP contribution in [0.2, 0.25) is 0 Å². The molecule has 0 radical (unpaired) electrons. The van der Waals surface area contributed by atoms with Crippen LogP contribution in [0.1, 0.15) is 5.56 Å². The van der Waals surface area contributed by atoms with Crippen LogP contribution in [-0.4, -0.2) is 15.5 Å². The Kier molecular flexibility index (Phi) is 3.87. The highest BCUT2D eigenvalue weighted by Gasteiger charge is 2.29. The van der Waals surface area contributed by atoms with Crippen molar-refractivity contribution >= 4 is 21.4 Å². The zero-order chi connectivity index (χ0) is 15.8. The van der Waals surface area contributed by atoms with Crippen LogP contribution >= 0.6 is 0 Å². The van der Waals surface area contributed by atoms with Crippen molar-refractivity contribution in [3.63, 3.8) is 0 Å². The van der Waals surface area contributed by atoms with Gasteiger partial charge in [0.1, 0.15) is 11.6 Å². The summed E-state index contributed by atoms with van der Waals surface area (Å²) in [6, 6.07) is 8.08. The van der Waals surface area contributed by atoms with E-state index in [0.29, 0.717) is 5.69 Å². The molecular formula is C14H14F2N2O2S. The van der Waals surface area contributed by atoms with Gasteiger partial charge in [0.05, 0.1) is 5.69 Å². The van der Waals surface area contributed by atoms with Crippen LogP contribution in [-0.2, 0) is 10.0 Å². The molecule has 2 N–H and O–H groups in total. The Balaban J connectivity index is 2.54. The van der Waals surface area contributed by atoms with Crippen LogP contribution < -0.4 is 10.0 Å². The maximum Gasteiger partial charge on any atom is 0.269 e. The number of nitrogens with two attached hydrogens (primary N) is 1. The number of aryl methyl sites for hydroxylation is 1. The molecule has 0 amide bonds. The summed E-state index contributed by atoms with van der Waals surface area (Å²) in [6.45, 7) is 1.84. The van der Waals surface area contributed by atoms with Crippen LogP contribution in [0.4, 0.5) is 20.2 Å². The highest BCUT2D eigenvalue weighted by molar-refractivity contribution is 7.92. The third-order valence-corrected chi connectivity index (χ3v) is 4.87. The van der Waals surface area contributed by atoms with Crippen molar-refractivity contribution in [1.29, 1.82) is 0 Å². The van der Waals surface area contributed by atoms with Crippen molar-refractivity contribution in [2.75, 3.05) is 17.1 Å². The normalized spacial score (nSPS) is 11.4.